The van der Waals surface area contributed by atoms with Crippen molar-refractivity contribution in [1.29, 1.82) is 0 Å². The van der Waals surface area contributed by atoms with Crippen molar-refractivity contribution in [3.8, 4) is 0 Å². The summed E-state index contributed by atoms with van der Waals surface area (Å²) < 4.78 is 0. The lowest BCUT2D eigenvalue weighted by atomic mass is 10.3. The SMILES string of the molecule is [O-]N(P)c1ccccc1. The van der Waals surface area contributed by atoms with Gasteiger partial charge in [-0.2, -0.15) is 0 Å². The zero-order valence-corrected chi connectivity index (χ0v) is 5.97. The standard InChI is InChI=1S/C6H7NOP/c8-7(9)6-4-2-1-3-5-6/h1-5H,9H2/q-1. The Balaban J connectivity index is 2.85. The number of hydrogen-bond acceptors (Lipinski definition) is 2. The van der Waals surface area contributed by atoms with Crippen molar-refractivity contribution < 1.29 is 0 Å². The first-order chi connectivity index (χ1) is 4.30. The molecular formula is C6H7NOP-. The maximum atomic E-state index is 10.5. The minimum atomic E-state index is 0.655. The van der Waals surface area contributed by atoms with Crippen LogP contribution in [0.15, 0.2) is 30.3 Å². The van der Waals surface area contributed by atoms with E-state index < -0.39 is 0 Å². The predicted octanol–water partition coefficient (Wildman–Crippen LogP) is 1.78. The molecular weight excluding hydrogens is 133 g/mol. The predicted molar refractivity (Wildman–Crippen MR) is 42.0 cm³/mol. The molecule has 1 atom stereocenters. The summed E-state index contributed by atoms with van der Waals surface area (Å²) in [7, 11) is 2.05. The molecule has 0 fully saturated rings. The van der Waals surface area contributed by atoms with Crippen molar-refractivity contribution >= 4 is 15.1 Å². The van der Waals surface area contributed by atoms with Gasteiger partial charge in [-0.3, -0.25) is 0 Å². The van der Waals surface area contributed by atoms with Crippen LogP contribution in [0.25, 0.3) is 0 Å². The van der Waals surface area contributed by atoms with Crippen LogP contribution in [0.5, 0.6) is 0 Å². The maximum Gasteiger partial charge on any atom is 0.0288 e. The van der Waals surface area contributed by atoms with Crippen molar-refractivity contribution in [2.24, 2.45) is 0 Å². The molecule has 0 spiro atoms. The molecule has 0 aromatic heterocycles. The molecule has 1 aromatic carbocycles. The van der Waals surface area contributed by atoms with Crippen LogP contribution >= 0.6 is 9.39 Å². The smallest absolute Gasteiger partial charge is 0.0288 e. The highest BCUT2D eigenvalue weighted by Crippen LogP contribution is 2.14. The zero-order valence-electron chi connectivity index (χ0n) is 4.82. The molecule has 9 heavy (non-hydrogen) atoms. The van der Waals surface area contributed by atoms with E-state index >= 15 is 0 Å². The first kappa shape index (κ1) is 6.53. The fourth-order valence-electron chi connectivity index (χ4n) is 0.575. The summed E-state index contributed by atoms with van der Waals surface area (Å²) in [5, 5.41) is 10.5. The highest BCUT2D eigenvalue weighted by molar-refractivity contribution is 7.19. The van der Waals surface area contributed by atoms with Gasteiger partial charge in [0.05, 0.1) is 0 Å². The zero-order chi connectivity index (χ0) is 6.69. The third-order valence-electron chi connectivity index (χ3n) is 1.01. The molecule has 0 saturated carbocycles. The summed E-state index contributed by atoms with van der Waals surface area (Å²) in [5.74, 6) is 0. The molecule has 2 nitrogen and oxygen atoms in total. The van der Waals surface area contributed by atoms with Crippen molar-refractivity contribution in [2.75, 3.05) is 4.83 Å². The number of para-hydroxylation sites is 1. The van der Waals surface area contributed by atoms with Crippen molar-refractivity contribution in [2.45, 2.75) is 0 Å². The maximum absolute atomic E-state index is 10.5. The highest BCUT2D eigenvalue weighted by Gasteiger charge is 1.82. The van der Waals surface area contributed by atoms with Gasteiger partial charge in [0, 0.05) is 5.69 Å². The molecule has 0 heterocycles. The van der Waals surface area contributed by atoms with Crippen molar-refractivity contribution in [3.05, 3.63) is 35.5 Å². The van der Waals surface area contributed by atoms with E-state index in [2.05, 4.69) is 0 Å². The molecule has 1 aromatic rings. The summed E-state index contributed by atoms with van der Waals surface area (Å²) in [6.45, 7) is 0. The van der Waals surface area contributed by atoms with Gasteiger partial charge < -0.3 is 10.0 Å². The first-order valence-corrected chi connectivity index (χ1v) is 3.09. The van der Waals surface area contributed by atoms with Crippen LogP contribution in [0.3, 0.4) is 0 Å². The molecule has 0 radical (unpaired) electrons. The Hall–Kier alpha value is -0.590. The van der Waals surface area contributed by atoms with Gasteiger partial charge >= 0.3 is 0 Å². The van der Waals surface area contributed by atoms with Gasteiger partial charge in [0.15, 0.2) is 0 Å². The molecule has 1 unspecified atom stereocenters. The Labute approximate surface area is 56.3 Å². The Morgan fingerprint density at radius 2 is 1.78 bits per heavy atom. The second-order valence-electron chi connectivity index (χ2n) is 1.66. The van der Waals surface area contributed by atoms with Gasteiger partial charge in [-0.15, -0.1) is 0 Å². The third-order valence-corrected chi connectivity index (χ3v) is 1.31. The molecule has 0 saturated heterocycles. The van der Waals surface area contributed by atoms with Crippen LogP contribution in [-0.2, 0) is 0 Å². The first-order valence-electron chi connectivity index (χ1n) is 2.58. The highest BCUT2D eigenvalue weighted by atomic mass is 31.0. The Bertz CT molecular complexity index is 176. The lowest BCUT2D eigenvalue weighted by Crippen LogP contribution is -1.94. The molecule has 0 N–H and O–H groups in total. The lowest BCUT2D eigenvalue weighted by Gasteiger charge is -2.23. The number of benzene rings is 1. The van der Waals surface area contributed by atoms with Crippen LogP contribution in [-0.4, -0.2) is 0 Å². The van der Waals surface area contributed by atoms with E-state index in [1.807, 2.05) is 27.6 Å². The van der Waals surface area contributed by atoms with Gasteiger partial charge in [-0.25, -0.2) is 0 Å². The molecule has 0 bridgehead atoms. The quantitative estimate of drug-likeness (QED) is 0.439. The monoisotopic (exact) mass is 140 g/mol. The second-order valence-corrected chi connectivity index (χ2v) is 2.13. The van der Waals surface area contributed by atoms with Crippen molar-refractivity contribution in [3.63, 3.8) is 0 Å². The Morgan fingerprint density at radius 3 is 2.11 bits per heavy atom. The third kappa shape index (κ3) is 1.67. The van der Waals surface area contributed by atoms with Gasteiger partial charge in [-0.1, -0.05) is 27.6 Å². The van der Waals surface area contributed by atoms with Crippen LogP contribution in [0.4, 0.5) is 5.69 Å². The summed E-state index contributed by atoms with van der Waals surface area (Å²) in [4.78, 5) is 0.750. The van der Waals surface area contributed by atoms with Gasteiger partial charge in [-0.05, 0) is 12.1 Å². The molecule has 1 rings (SSSR count). The normalized spacial score (nSPS) is 9.11. The average Bonchev–Trinajstić information content (AvgIpc) is 1.90. The van der Waals surface area contributed by atoms with E-state index in [1.54, 1.807) is 12.1 Å². The van der Waals surface area contributed by atoms with E-state index in [0.717, 1.165) is 4.83 Å². The number of nitrogens with zero attached hydrogens (tertiary/aromatic N) is 1. The largest absolute Gasteiger partial charge is 0.755 e. The number of hydrogen-bond donors (Lipinski definition) is 0. The Morgan fingerprint density at radius 1 is 1.22 bits per heavy atom. The van der Waals surface area contributed by atoms with Crippen LogP contribution in [0, 0.1) is 5.21 Å². The summed E-state index contributed by atoms with van der Waals surface area (Å²) in [6, 6.07) is 9.02. The van der Waals surface area contributed by atoms with Gasteiger partial charge in [0.2, 0.25) is 0 Å². The van der Waals surface area contributed by atoms with Crippen LogP contribution in [0.2, 0.25) is 0 Å². The molecule has 0 amide bonds. The topological polar surface area (TPSA) is 26.3 Å². The molecule has 0 aliphatic heterocycles. The second kappa shape index (κ2) is 2.81. The van der Waals surface area contributed by atoms with Gasteiger partial charge in [0.1, 0.15) is 0 Å². The molecule has 0 aliphatic rings. The fraction of sp³-hybridized carbons (Fsp3) is 0. The summed E-state index contributed by atoms with van der Waals surface area (Å²) >= 11 is 0. The molecule has 3 heteroatoms. The van der Waals surface area contributed by atoms with Gasteiger partial charge in [0.25, 0.3) is 0 Å². The number of rotatable bonds is 1. The van der Waals surface area contributed by atoms with Crippen LogP contribution in [0.1, 0.15) is 0 Å². The Kier molecular flexibility index (Phi) is 2.04. The van der Waals surface area contributed by atoms with E-state index in [-0.39, 0.29) is 0 Å². The average molecular weight is 140 g/mol. The number of anilines is 1. The van der Waals surface area contributed by atoms with E-state index in [0.29, 0.717) is 5.69 Å². The minimum Gasteiger partial charge on any atom is -0.755 e. The fourth-order valence-corrected chi connectivity index (χ4v) is 0.747. The van der Waals surface area contributed by atoms with E-state index in [4.69, 9.17) is 0 Å². The van der Waals surface area contributed by atoms with E-state index in [1.165, 1.54) is 0 Å². The molecule has 48 valence electrons. The minimum absolute atomic E-state index is 0.655. The van der Waals surface area contributed by atoms with E-state index in [9.17, 15) is 5.21 Å². The van der Waals surface area contributed by atoms with Crippen molar-refractivity contribution in [1.82, 2.24) is 0 Å². The molecule has 0 aliphatic carbocycles. The summed E-state index contributed by atoms with van der Waals surface area (Å²) in [6.07, 6.45) is 0. The summed E-state index contributed by atoms with van der Waals surface area (Å²) in [5.41, 5.74) is 0.655. The van der Waals surface area contributed by atoms with Crippen LogP contribution < -0.4 is 4.83 Å². The lowest BCUT2D eigenvalue weighted by molar-refractivity contribution is 1.47.